The van der Waals surface area contributed by atoms with Gasteiger partial charge in [0.05, 0.1) is 6.04 Å². The Kier molecular flexibility index (Phi) is 16.9. The molecule has 0 heterocycles. The van der Waals surface area contributed by atoms with E-state index in [4.69, 9.17) is 34.7 Å². The van der Waals surface area contributed by atoms with E-state index >= 15 is 0 Å². The summed E-state index contributed by atoms with van der Waals surface area (Å²) in [4.78, 5) is 10.6. The highest BCUT2D eigenvalue weighted by Gasteiger charge is 2.07. The Morgan fingerprint density at radius 1 is 0.652 bits per heavy atom. The minimum absolute atomic E-state index is 0.185. The number of primary amides is 1. The topological polar surface area (TPSA) is 69.1 Å². The van der Waals surface area contributed by atoms with Crippen LogP contribution in [0.5, 0.6) is 0 Å². The zero-order valence-electron chi connectivity index (χ0n) is 14.6. The normalized spacial score (nSPS) is 12.7. The van der Waals surface area contributed by atoms with Crippen molar-refractivity contribution in [3.63, 3.8) is 0 Å². The van der Waals surface area contributed by atoms with Crippen LogP contribution in [0.15, 0.2) is 0 Å². The lowest BCUT2D eigenvalue weighted by atomic mass is 10.0. The van der Waals surface area contributed by atoms with Crippen molar-refractivity contribution in [2.24, 2.45) is 11.5 Å². The summed E-state index contributed by atoms with van der Waals surface area (Å²) in [5.41, 5.74) is 10.7. The van der Waals surface area contributed by atoms with Crippen LogP contribution < -0.4 is 11.5 Å². The fourth-order valence-corrected chi connectivity index (χ4v) is 3.06. The van der Waals surface area contributed by atoms with Gasteiger partial charge < -0.3 is 11.5 Å². The van der Waals surface area contributed by atoms with Crippen molar-refractivity contribution in [2.75, 3.05) is 0 Å². The monoisotopic (exact) mass is 366 g/mol. The molecule has 0 bridgehead atoms. The van der Waals surface area contributed by atoms with E-state index in [1.165, 1.54) is 64.2 Å². The molecule has 1 atom stereocenters. The third-order valence-electron chi connectivity index (χ3n) is 4.30. The maximum atomic E-state index is 10.8. The van der Waals surface area contributed by atoms with E-state index in [1.54, 1.807) is 0 Å². The second-order valence-corrected chi connectivity index (χ2v) is 7.85. The molecule has 0 aliphatic heterocycles. The largest absolute Gasteiger partial charge is 0.368 e. The van der Waals surface area contributed by atoms with Crippen molar-refractivity contribution in [2.45, 2.75) is 107 Å². The number of hydrogen-bond acceptors (Lipinski definition) is 2. The molecule has 0 aromatic heterocycles. The molecule has 0 saturated carbocycles. The van der Waals surface area contributed by atoms with Crippen LogP contribution in [-0.2, 0) is 4.79 Å². The van der Waals surface area contributed by atoms with E-state index in [1.807, 2.05) is 0 Å². The lowest BCUT2D eigenvalue weighted by Gasteiger charge is -2.06. The molecule has 23 heavy (non-hydrogen) atoms. The van der Waals surface area contributed by atoms with E-state index in [2.05, 4.69) is 0 Å². The minimum atomic E-state index is -0.457. The van der Waals surface area contributed by atoms with Gasteiger partial charge in [0.1, 0.15) is 4.84 Å². The lowest BCUT2D eigenvalue weighted by Crippen LogP contribution is -2.36. The van der Waals surface area contributed by atoms with E-state index in [-0.39, 0.29) is 10.7 Å². The zero-order chi connectivity index (χ0) is 17.3. The summed E-state index contributed by atoms with van der Waals surface area (Å²) in [6.07, 6.45) is 18.2. The predicted octanol–water partition coefficient (Wildman–Crippen LogP) is 5.45. The van der Waals surface area contributed by atoms with Crippen LogP contribution in [0, 0.1) is 0 Å². The molecule has 1 amide bonds. The summed E-state index contributed by atoms with van der Waals surface area (Å²) >= 11 is 11.4. The van der Waals surface area contributed by atoms with Crippen LogP contribution in [0.4, 0.5) is 0 Å². The van der Waals surface area contributed by atoms with E-state index < -0.39 is 6.04 Å². The Hall–Kier alpha value is 0.01000. The maximum absolute atomic E-state index is 10.8. The first kappa shape index (κ1) is 23.0. The number of amides is 1. The van der Waals surface area contributed by atoms with Gasteiger partial charge in [-0.15, -0.1) is 23.2 Å². The highest BCUT2D eigenvalue weighted by atomic mass is 35.5. The van der Waals surface area contributed by atoms with Gasteiger partial charge in [0.2, 0.25) is 5.91 Å². The van der Waals surface area contributed by atoms with Crippen molar-refractivity contribution in [3.05, 3.63) is 0 Å². The van der Waals surface area contributed by atoms with Crippen LogP contribution >= 0.6 is 23.2 Å². The molecular weight excluding hydrogens is 331 g/mol. The van der Waals surface area contributed by atoms with Crippen LogP contribution in [0.2, 0.25) is 0 Å². The van der Waals surface area contributed by atoms with E-state index in [0.717, 1.165) is 32.1 Å². The molecule has 0 spiro atoms. The molecule has 5 heteroatoms. The molecule has 3 nitrogen and oxygen atoms in total. The van der Waals surface area contributed by atoms with Crippen LogP contribution in [-0.4, -0.2) is 16.8 Å². The van der Waals surface area contributed by atoms with Gasteiger partial charge in [0.25, 0.3) is 0 Å². The summed E-state index contributed by atoms with van der Waals surface area (Å²) in [5.74, 6) is -0.382. The van der Waals surface area contributed by atoms with Gasteiger partial charge >= 0.3 is 0 Å². The molecular formula is C18H36Cl2N2O. The second kappa shape index (κ2) is 16.9. The fourth-order valence-electron chi connectivity index (χ4n) is 2.75. The molecule has 4 N–H and O–H groups in total. The molecule has 0 radical (unpaired) electrons. The summed E-state index contributed by atoms with van der Waals surface area (Å²) in [7, 11) is 0. The van der Waals surface area contributed by atoms with Crippen LogP contribution in [0.1, 0.15) is 96.3 Å². The second-order valence-electron chi connectivity index (χ2n) is 6.57. The number of rotatable bonds is 17. The smallest absolute Gasteiger partial charge is 0.234 e. The predicted molar refractivity (Wildman–Crippen MR) is 102 cm³/mol. The van der Waals surface area contributed by atoms with Crippen molar-refractivity contribution < 1.29 is 4.79 Å². The number of nitrogens with two attached hydrogens (primary N) is 2. The average molecular weight is 367 g/mol. The third kappa shape index (κ3) is 18.2. The zero-order valence-corrected chi connectivity index (χ0v) is 16.1. The Bertz CT molecular complexity index is 276. The lowest BCUT2D eigenvalue weighted by molar-refractivity contribution is -0.119. The molecule has 0 fully saturated rings. The van der Waals surface area contributed by atoms with E-state index in [9.17, 15) is 4.79 Å². The van der Waals surface area contributed by atoms with Gasteiger partial charge in [0.15, 0.2) is 0 Å². The van der Waals surface area contributed by atoms with Gasteiger partial charge in [-0.05, 0) is 12.8 Å². The number of carbonyl (C=O) groups is 1. The summed E-state index contributed by atoms with van der Waals surface area (Å²) in [6.45, 7) is 0. The molecule has 0 aliphatic rings. The van der Waals surface area contributed by atoms with Crippen molar-refractivity contribution in [3.8, 4) is 0 Å². The molecule has 0 aromatic carbocycles. The van der Waals surface area contributed by atoms with Crippen LogP contribution in [0.3, 0.4) is 0 Å². The van der Waals surface area contributed by atoms with Crippen molar-refractivity contribution in [1.29, 1.82) is 0 Å². The first-order valence-corrected chi connectivity index (χ1v) is 10.2. The van der Waals surface area contributed by atoms with Gasteiger partial charge in [-0.3, -0.25) is 4.79 Å². The third-order valence-corrected chi connectivity index (χ3v) is 4.74. The van der Waals surface area contributed by atoms with Gasteiger partial charge in [0, 0.05) is 0 Å². The Balaban J connectivity index is 3.07. The maximum Gasteiger partial charge on any atom is 0.234 e. The molecule has 0 aliphatic carbocycles. The van der Waals surface area contributed by atoms with Gasteiger partial charge in [-0.2, -0.15) is 0 Å². The summed E-state index contributed by atoms with van der Waals surface area (Å²) in [5, 5.41) is 0. The highest BCUT2D eigenvalue weighted by molar-refractivity contribution is 6.44. The fraction of sp³-hybridized carbons (Fsp3) is 0.944. The van der Waals surface area contributed by atoms with Gasteiger partial charge in [-0.25, -0.2) is 0 Å². The quantitative estimate of drug-likeness (QED) is 0.265. The minimum Gasteiger partial charge on any atom is -0.368 e. The van der Waals surface area contributed by atoms with Crippen molar-refractivity contribution in [1.82, 2.24) is 0 Å². The van der Waals surface area contributed by atoms with E-state index in [0.29, 0.717) is 0 Å². The Morgan fingerprint density at radius 3 is 1.26 bits per heavy atom. The number of halogens is 2. The summed E-state index contributed by atoms with van der Waals surface area (Å²) < 4.78 is 0. The highest BCUT2D eigenvalue weighted by Crippen LogP contribution is 2.15. The first-order chi connectivity index (χ1) is 11.0. The van der Waals surface area contributed by atoms with Gasteiger partial charge in [-0.1, -0.05) is 83.5 Å². The molecule has 138 valence electrons. The number of carbonyl (C=O) groups excluding carboxylic acids is 1. The van der Waals surface area contributed by atoms with Crippen molar-refractivity contribution >= 4 is 29.1 Å². The molecule has 0 aromatic rings. The molecule has 0 rings (SSSR count). The average Bonchev–Trinajstić information content (AvgIpc) is 2.50. The molecule has 0 saturated heterocycles. The Labute approximate surface area is 152 Å². The number of hydrogen-bond donors (Lipinski definition) is 2. The SMILES string of the molecule is NC(=O)[C@@H](N)CCCCCCCCCCCCCCCC(Cl)Cl. The Morgan fingerprint density at radius 2 is 0.957 bits per heavy atom. The number of unbranched alkanes of at least 4 members (excludes halogenated alkanes) is 12. The van der Waals surface area contributed by atoms with Crippen LogP contribution in [0.25, 0.3) is 0 Å². The standard InChI is InChI=1S/C18H36Cl2N2O/c19-17(20)15-13-11-9-7-5-3-1-2-4-6-8-10-12-14-16(21)18(22)23/h16-17H,1-15,21H2,(H2,22,23)/t16-/m0/s1. The molecule has 0 unspecified atom stereocenters. The number of alkyl halides is 2. The first-order valence-electron chi connectivity index (χ1n) is 9.37. The summed E-state index contributed by atoms with van der Waals surface area (Å²) in [6, 6.07) is -0.457.